The van der Waals surface area contributed by atoms with E-state index in [1.54, 1.807) is 36.5 Å². The zero-order valence-electron chi connectivity index (χ0n) is 10.9. The van der Waals surface area contributed by atoms with Crippen LogP contribution in [-0.2, 0) is 6.61 Å². The lowest BCUT2D eigenvalue weighted by Gasteiger charge is -2.13. The molecular formula is C14H14N2O3S. The van der Waals surface area contributed by atoms with Crippen LogP contribution in [0.5, 0.6) is 17.2 Å². The van der Waals surface area contributed by atoms with Crippen LogP contribution >= 0.6 is 12.2 Å². The molecule has 2 aromatic rings. The summed E-state index contributed by atoms with van der Waals surface area (Å²) in [5, 5.41) is 9.12. The average Bonchev–Trinajstić information content (AvgIpc) is 2.48. The quantitative estimate of drug-likeness (QED) is 0.820. The van der Waals surface area contributed by atoms with E-state index in [1.165, 1.54) is 7.11 Å². The molecule has 1 aromatic carbocycles. The van der Waals surface area contributed by atoms with Gasteiger partial charge in [-0.15, -0.1) is 0 Å². The number of aromatic nitrogens is 1. The van der Waals surface area contributed by atoms with Gasteiger partial charge in [-0.1, -0.05) is 18.3 Å². The summed E-state index contributed by atoms with van der Waals surface area (Å²) in [6.45, 7) is -0.0678. The van der Waals surface area contributed by atoms with Crippen molar-refractivity contribution in [1.82, 2.24) is 4.98 Å². The highest BCUT2D eigenvalue weighted by Crippen LogP contribution is 2.33. The molecule has 0 unspecified atom stereocenters. The molecule has 1 heterocycles. The number of aliphatic hydroxyl groups is 1. The Balaban J connectivity index is 2.37. The predicted molar refractivity (Wildman–Crippen MR) is 79.1 cm³/mol. The van der Waals surface area contributed by atoms with Crippen LogP contribution in [-0.4, -0.2) is 22.2 Å². The molecule has 1 aromatic heterocycles. The molecule has 0 spiro atoms. The van der Waals surface area contributed by atoms with Crippen LogP contribution < -0.4 is 15.2 Å². The second-order valence-corrected chi connectivity index (χ2v) is 4.40. The summed E-state index contributed by atoms with van der Waals surface area (Å²) in [4.78, 5) is 4.25. The average molecular weight is 290 g/mol. The first-order chi connectivity index (χ1) is 9.65. The Labute approximate surface area is 122 Å². The van der Waals surface area contributed by atoms with E-state index in [9.17, 15) is 0 Å². The maximum atomic E-state index is 9.12. The number of nitrogens with zero attached hydrogens (tertiary/aromatic N) is 1. The van der Waals surface area contributed by atoms with E-state index < -0.39 is 0 Å². The Morgan fingerprint density at radius 3 is 2.75 bits per heavy atom. The van der Waals surface area contributed by atoms with Crippen molar-refractivity contribution in [1.29, 1.82) is 0 Å². The van der Waals surface area contributed by atoms with Crippen LogP contribution in [0.3, 0.4) is 0 Å². The summed E-state index contributed by atoms with van der Waals surface area (Å²) in [5.41, 5.74) is 6.75. The lowest BCUT2D eigenvalue weighted by Crippen LogP contribution is -2.12. The second-order valence-electron chi connectivity index (χ2n) is 3.96. The SMILES string of the molecule is COc1cc(CO)ccc1Oc1cccnc1C(N)=S. The molecule has 0 bridgehead atoms. The van der Waals surface area contributed by atoms with Gasteiger partial charge < -0.3 is 20.3 Å². The Morgan fingerprint density at radius 1 is 1.30 bits per heavy atom. The third-order valence-corrected chi connectivity index (χ3v) is 2.83. The number of hydrogen-bond donors (Lipinski definition) is 2. The van der Waals surface area contributed by atoms with Crippen LogP contribution in [0.15, 0.2) is 36.5 Å². The van der Waals surface area contributed by atoms with Crippen molar-refractivity contribution < 1.29 is 14.6 Å². The number of benzene rings is 1. The maximum Gasteiger partial charge on any atom is 0.169 e. The molecule has 0 fully saturated rings. The van der Waals surface area contributed by atoms with Gasteiger partial charge in [0.2, 0.25) is 0 Å². The number of thiocarbonyl (C=S) groups is 1. The first kappa shape index (κ1) is 14.2. The topological polar surface area (TPSA) is 77.6 Å². The number of nitrogens with two attached hydrogens (primary N) is 1. The molecule has 0 aliphatic carbocycles. The molecule has 3 N–H and O–H groups in total. The molecule has 6 heteroatoms. The van der Waals surface area contributed by atoms with E-state index in [0.717, 1.165) is 5.56 Å². The Hall–Kier alpha value is -2.18. The largest absolute Gasteiger partial charge is 0.493 e. The molecule has 0 aliphatic heterocycles. The number of hydrogen-bond acceptors (Lipinski definition) is 5. The van der Waals surface area contributed by atoms with Crippen molar-refractivity contribution in [2.45, 2.75) is 6.61 Å². The third kappa shape index (κ3) is 3.04. The van der Waals surface area contributed by atoms with E-state index in [0.29, 0.717) is 22.9 Å². The van der Waals surface area contributed by atoms with Gasteiger partial charge >= 0.3 is 0 Å². The Kier molecular flexibility index (Phi) is 4.49. The molecule has 20 heavy (non-hydrogen) atoms. The summed E-state index contributed by atoms with van der Waals surface area (Å²) in [7, 11) is 1.53. The fourth-order valence-corrected chi connectivity index (χ4v) is 1.82. The van der Waals surface area contributed by atoms with E-state index in [2.05, 4.69) is 4.98 Å². The van der Waals surface area contributed by atoms with Crippen molar-refractivity contribution >= 4 is 17.2 Å². The van der Waals surface area contributed by atoms with Gasteiger partial charge in [0.15, 0.2) is 17.2 Å². The van der Waals surface area contributed by atoms with Gasteiger partial charge in [0.25, 0.3) is 0 Å². The molecule has 0 atom stereocenters. The molecule has 0 amide bonds. The molecule has 0 radical (unpaired) electrons. The van der Waals surface area contributed by atoms with Gasteiger partial charge in [0.1, 0.15) is 10.7 Å². The summed E-state index contributed by atoms with van der Waals surface area (Å²) in [6.07, 6.45) is 1.59. The normalized spacial score (nSPS) is 10.1. The standard InChI is InChI=1S/C14H14N2O3S/c1-18-12-7-9(8-17)4-5-10(12)19-11-3-2-6-16-13(11)14(15)20/h2-7,17H,8H2,1H3,(H2,15,20). The fourth-order valence-electron chi connectivity index (χ4n) is 1.67. The van der Waals surface area contributed by atoms with Crippen molar-refractivity contribution in [3.63, 3.8) is 0 Å². The first-order valence-corrected chi connectivity index (χ1v) is 6.27. The van der Waals surface area contributed by atoms with Gasteiger partial charge in [-0.2, -0.15) is 0 Å². The van der Waals surface area contributed by atoms with Gasteiger partial charge in [-0.25, -0.2) is 4.98 Å². The van der Waals surface area contributed by atoms with E-state index >= 15 is 0 Å². The minimum atomic E-state index is -0.0678. The minimum Gasteiger partial charge on any atom is -0.493 e. The number of pyridine rings is 1. The number of ether oxygens (including phenoxy) is 2. The van der Waals surface area contributed by atoms with Gasteiger partial charge in [-0.05, 0) is 29.8 Å². The monoisotopic (exact) mass is 290 g/mol. The summed E-state index contributed by atoms with van der Waals surface area (Å²) in [6, 6.07) is 8.61. The lowest BCUT2D eigenvalue weighted by molar-refractivity contribution is 0.280. The summed E-state index contributed by atoms with van der Waals surface area (Å²) < 4.78 is 11.0. The van der Waals surface area contributed by atoms with Crippen molar-refractivity contribution in [3.8, 4) is 17.2 Å². The maximum absolute atomic E-state index is 9.12. The number of aliphatic hydroxyl groups excluding tert-OH is 1. The molecule has 5 nitrogen and oxygen atoms in total. The zero-order valence-corrected chi connectivity index (χ0v) is 11.7. The van der Waals surface area contributed by atoms with Crippen LogP contribution in [0.2, 0.25) is 0 Å². The minimum absolute atomic E-state index is 0.0678. The van der Waals surface area contributed by atoms with Gasteiger partial charge in [0.05, 0.1) is 13.7 Å². The van der Waals surface area contributed by atoms with Crippen LogP contribution in [0, 0.1) is 0 Å². The highest BCUT2D eigenvalue weighted by molar-refractivity contribution is 7.80. The fraction of sp³-hybridized carbons (Fsp3) is 0.143. The molecular weight excluding hydrogens is 276 g/mol. The smallest absolute Gasteiger partial charge is 0.169 e. The van der Waals surface area contributed by atoms with Crippen molar-refractivity contribution in [2.75, 3.05) is 7.11 Å². The lowest BCUT2D eigenvalue weighted by atomic mass is 10.2. The molecule has 0 saturated heterocycles. The Bertz CT molecular complexity index is 632. The van der Waals surface area contributed by atoms with E-state index in [1.807, 2.05) is 0 Å². The zero-order chi connectivity index (χ0) is 14.5. The van der Waals surface area contributed by atoms with E-state index in [4.69, 9.17) is 32.5 Å². The van der Waals surface area contributed by atoms with Crippen LogP contribution in [0.1, 0.15) is 11.3 Å². The molecule has 0 saturated carbocycles. The highest BCUT2D eigenvalue weighted by Gasteiger charge is 2.12. The highest BCUT2D eigenvalue weighted by atomic mass is 32.1. The molecule has 2 rings (SSSR count). The third-order valence-electron chi connectivity index (χ3n) is 2.63. The van der Waals surface area contributed by atoms with Crippen molar-refractivity contribution in [3.05, 3.63) is 47.8 Å². The summed E-state index contributed by atoms with van der Waals surface area (Å²) in [5.74, 6) is 1.46. The van der Waals surface area contributed by atoms with Crippen LogP contribution in [0.25, 0.3) is 0 Å². The number of rotatable bonds is 5. The Morgan fingerprint density at radius 2 is 2.10 bits per heavy atom. The summed E-state index contributed by atoms with van der Waals surface area (Å²) >= 11 is 4.94. The molecule has 0 aliphatic rings. The van der Waals surface area contributed by atoms with Crippen molar-refractivity contribution in [2.24, 2.45) is 5.73 Å². The second kappa shape index (κ2) is 6.31. The van der Waals surface area contributed by atoms with Crippen LogP contribution in [0.4, 0.5) is 0 Å². The molecule has 104 valence electrons. The van der Waals surface area contributed by atoms with Gasteiger partial charge in [-0.3, -0.25) is 0 Å². The van der Waals surface area contributed by atoms with E-state index in [-0.39, 0.29) is 11.6 Å². The first-order valence-electron chi connectivity index (χ1n) is 5.86. The number of methoxy groups -OCH3 is 1. The predicted octanol–water partition coefficient (Wildman–Crippen LogP) is 2.01. The van der Waals surface area contributed by atoms with Gasteiger partial charge in [0, 0.05) is 6.20 Å².